The van der Waals surface area contributed by atoms with Gasteiger partial charge in [0.05, 0.1) is 18.4 Å². The van der Waals surface area contributed by atoms with Crippen molar-refractivity contribution in [3.05, 3.63) is 57.5 Å². The number of rotatable bonds is 9. The first-order valence-electron chi connectivity index (χ1n) is 8.19. The molecule has 2 rings (SSSR count). The second-order valence-electron chi connectivity index (χ2n) is 6.07. The Morgan fingerprint density at radius 3 is 2.75 bits per heavy atom. The van der Waals surface area contributed by atoms with Crippen molar-refractivity contribution in [3.63, 3.8) is 0 Å². The quantitative estimate of drug-likeness (QED) is 0.705. The fourth-order valence-electron chi connectivity index (χ4n) is 2.17. The van der Waals surface area contributed by atoms with E-state index < -0.39 is 0 Å². The van der Waals surface area contributed by atoms with Crippen molar-refractivity contribution in [2.75, 3.05) is 25.1 Å². The molecular formula is C18H24ClN3O2. The van der Waals surface area contributed by atoms with E-state index in [2.05, 4.69) is 24.3 Å². The monoisotopic (exact) mass is 349 g/mol. The minimum atomic E-state index is -0.290. The lowest BCUT2D eigenvalue weighted by Gasteiger charge is -2.11. The van der Waals surface area contributed by atoms with Crippen LogP contribution in [-0.2, 0) is 11.3 Å². The summed E-state index contributed by atoms with van der Waals surface area (Å²) in [6, 6.07) is 9.69. The average molecular weight is 350 g/mol. The molecule has 130 valence electrons. The maximum Gasteiger partial charge on any atom is 0.287 e. The third-order valence-corrected chi connectivity index (χ3v) is 3.76. The highest BCUT2D eigenvalue weighted by Crippen LogP contribution is 2.15. The van der Waals surface area contributed by atoms with Gasteiger partial charge in [-0.1, -0.05) is 55.8 Å². The van der Waals surface area contributed by atoms with Crippen molar-refractivity contribution in [2.24, 2.45) is 5.92 Å². The van der Waals surface area contributed by atoms with Crippen molar-refractivity contribution in [2.45, 2.75) is 26.8 Å². The van der Waals surface area contributed by atoms with Gasteiger partial charge < -0.3 is 10.1 Å². The summed E-state index contributed by atoms with van der Waals surface area (Å²) in [5.41, 5.74) is 1.28. The van der Waals surface area contributed by atoms with Gasteiger partial charge in [-0.15, -0.1) is 0 Å². The smallest absolute Gasteiger partial charge is 0.287 e. The van der Waals surface area contributed by atoms with Crippen LogP contribution in [0.2, 0.25) is 5.02 Å². The molecule has 0 amide bonds. The van der Waals surface area contributed by atoms with Crippen LogP contribution in [0.3, 0.4) is 0 Å². The van der Waals surface area contributed by atoms with Crippen molar-refractivity contribution in [1.82, 2.24) is 9.78 Å². The molecule has 0 unspecified atom stereocenters. The fraction of sp³-hybridized carbons (Fsp3) is 0.444. The summed E-state index contributed by atoms with van der Waals surface area (Å²) in [7, 11) is 0. The Morgan fingerprint density at radius 1 is 1.29 bits per heavy atom. The zero-order valence-electron chi connectivity index (χ0n) is 14.2. The molecule has 1 aromatic carbocycles. The largest absolute Gasteiger partial charge is 0.382 e. The summed E-state index contributed by atoms with van der Waals surface area (Å²) >= 11 is 6.18. The maximum absolute atomic E-state index is 12.3. The molecule has 0 aliphatic carbocycles. The van der Waals surface area contributed by atoms with Crippen LogP contribution in [0, 0.1) is 5.92 Å². The Morgan fingerprint density at radius 2 is 2.04 bits per heavy atom. The molecule has 0 radical (unpaired) electrons. The molecule has 0 saturated carbocycles. The van der Waals surface area contributed by atoms with Crippen LogP contribution in [0.4, 0.5) is 5.69 Å². The number of halogens is 1. The van der Waals surface area contributed by atoms with Gasteiger partial charge in [-0.05, 0) is 17.9 Å². The highest BCUT2D eigenvalue weighted by Gasteiger charge is 2.09. The molecule has 0 atom stereocenters. The highest BCUT2D eigenvalue weighted by atomic mass is 35.5. The summed E-state index contributed by atoms with van der Waals surface area (Å²) in [5, 5.41) is 7.51. The standard InChI is InChI=1S/C18H24ClN3O2/c1-14(2)13-24-10-6-9-20-16-11-21-22(18(23)17(16)19)12-15-7-4-3-5-8-15/h3-5,7-8,11,14,20H,6,9-10,12-13H2,1-2H3. The van der Waals surface area contributed by atoms with E-state index in [0.717, 1.165) is 18.6 Å². The fourth-order valence-corrected chi connectivity index (χ4v) is 2.39. The number of hydrogen-bond acceptors (Lipinski definition) is 4. The van der Waals surface area contributed by atoms with Crippen LogP contribution >= 0.6 is 11.6 Å². The number of benzene rings is 1. The van der Waals surface area contributed by atoms with Crippen LogP contribution in [0.25, 0.3) is 0 Å². The average Bonchev–Trinajstić information content (AvgIpc) is 2.57. The van der Waals surface area contributed by atoms with Crippen molar-refractivity contribution in [1.29, 1.82) is 0 Å². The third-order valence-electron chi connectivity index (χ3n) is 3.39. The van der Waals surface area contributed by atoms with E-state index in [1.54, 1.807) is 6.20 Å². The Hall–Kier alpha value is -1.85. The molecule has 1 aromatic heterocycles. The lowest BCUT2D eigenvalue weighted by Crippen LogP contribution is -2.25. The lowest BCUT2D eigenvalue weighted by atomic mass is 10.2. The molecule has 0 aliphatic rings. The van der Waals surface area contributed by atoms with Crippen molar-refractivity contribution in [3.8, 4) is 0 Å². The van der Waals surface area contributed by atoms with Gasteiger partial charge in [0, 0.05) is 19.8 Å². The SMILES string of the molecule is CC(C)COCCCNc1cnn(Cc2ccccc2)c(=O)c1Cl. The first-order valence-corrected chi connectivity index (χ1v) is 8.57. The van der Waals surface area contributed by atoms with Gasteiger partial charge in [0.2, 0.25) is 0 Å². The molecule has 2 aromatic rings. The molecule has 0 saturated heterocycles. The Bertz CT molecular complexity index is 686. The van der Waals surface area contributed by atoms with E-state index >= 15 is 0 Å². The topological polar surface area (TPSA) is 56.1 Å². The third kappa shape index (κ3) is 5.65. The van der Waals surface area contributed by atoms with Crippen molar-refractivity contribution >= 4 is 17.3 Å². The second kappa shape index (κ2) is 9.45. The molecule has 1 N–H and O–H groups in total. The van der Waals surface area contributed by atoms with Gasteiger partial charge in [0.1, 0.15) is 5.02 Å². The molecule has 0 aliphatic heterocycles. The van der Waals surface area contributed by atoms with E-state index in [4.69, 9.17) is 16.3 Å². The van der Waals surface area contributed by atoms with Gasteiger partial charge in [-0.2, -0.15) is 5.10 Å². The summed E-state index contributed by atoms with van der Waals surface area (Å²) < 4.78 is 6.89. The molecule has 0 fully saturated rings. The zero-order chi connectivity index (χ0) is 17.4. The summed E-state index contributed by atoms with van der Waals surface area (Å²) in [6.07, 6.45) is 2.44. The van der Waals surface area contributed by atoms with E-state index in [1.165, 1.54) is 4.68 Å². The normalized spacial score (nSPS) is 11.0. The molecule has 0 spiro atoms. The Kier molecular flexibility index (Phi) is 7.28. The number of anilines is 1. The van der Waals surface area contributed by atoms with Gasteiger partial charge >= 0.3 is 0 Å². The van der Waals surface area contributed by atoms with Gasteiger partial charge in [0.25, 0.3) is 5.56 Å². The van der Waals surface area contributed by atoms with E-state index in [-0.39, 0.29) is 10.6 Å². The molecule has 5 nitrogen and oxygen atoms in total. The number of ether oxygens (including phenoxy) is 1. The number of aromatic nitrogens is 2. The Labute approximate surface area is 147 Å². The van der Waals surface area contributed by atoms with Gasteiger partial charge in [0.15, 0.2) is 0 Å². The van der Waals surface area contributed by atoms with Crippen molar-refractivity contribution < 1.29 is 4.74 Å². The van der Waals surface area contributed by atoms with E-state index in [9.17, 15) is 4.79 Å². The van der Waals surface area contributed by atoms with Gasteiger partial charge in [-0.3, -0.25) is 4.79 Å². The van der Waals surface area contributed by atoms with Gasteiger partial charge in [-0.25, -0.2) is 4.68 Å². The zero-order valence-corrected chi connectivity index (χ0v) is 14.9. The summed E-state index contributed by atoms with van der Waals surface area (Å²) in [4.78, 5) is 12.3. The van der Waals surface area contributed by atoms with Crippen LogP contribution in [0.5, 0.6) is 0 Å². The first-order chi connectivity index (χ1) is 11.6. The molecule has 24 heavy (non-hydrogen) atoms. The minimum absolute atomic E-state index is 0.170. The molecule has 6 heteroatoms. The highest BCUT2D eigenvalue weighted by molar-refractivity contribution is 6.32. The lowest BCUT2D eigenvalue weighted by molar-refractivity contribution is 0.110. The first kappa shape index (κ1) is 18.5. The Balaban J connectivity index is 1.89. The van der Waals surface area contributed by atoms with Crippen LogP contribution in [-0.4, -0.2) is 29.5 Å². The predicted octanol–water partition coefficient (Wildman–Crippen LogP) is 3.42. The molecule has 0 bridgehead atoms. The number of hydrogen-bond donors (Lipinski definition) is 1. The van der Waals surface area contributed by atoms with Crippen LogP contribution in [0.15, 0.2) is 41.3 Å². The molecular weight excluding hydrogens is 326 g/mol. The van der Waals surface area contributed by atoms with E-state index in [0.29, 0.717) is 31.3 Å². The second-order valence-corrected chi connectivity index (χ2v) is 6.45. The minimum Gasteiger partial charge on any atom is -0.382 e. The molecule has 1 heterocycles. The van der Waals surface area contributed by atoms with Crippen LogP contribution in [0.1, 0.15) is 25.8 Å². The maximum atomic E-state index is 12.3. The van der Waals surface area contributed by atoms with Crippen LogP contribution < -0.4 is 10.9 Å². The number of nitrogens with zero attached hydrogens (tertiary/aromatic N) is 2. The van der Waals surface area contributed by atoms with E-state index in [1.807, 2.05) is 30.3 Å². The predicted molar refractivity (Wildman–Crippen MR) is 97.8 cm³/mol. The number of nitrogens with one attached hydrogen (secondary N) is 1. The summed E-state index contributed by atoms with van der Waals surface area (Å²) in [6.45, 7) is 6.77. The summed E-state index contributed by atoms with van der Waals surface area (Å²) in [5.74, 6) is 0.536.